The minimum absolute atomic E-state index is 0.0211. The number of allylic oxidation sites excluding steroid dienone is 2. The Kier molecular flexibility index (Phi) is 3.01. The quantitative estimate of drug-likeness (QED) is 0.549. The summed E-state index contributed by atoms with van der Waals surface area (Å²) in [4.78, 5) is 13.4. The van der Waals surface area contributed by atoms with E-state index in [1.54, 1.807) is 6.08 Å². The highest BCUT2D eigenvalue weighted by molar-refractivity contribution is 5.95. The fourth-order valence-corrected chi connectivity index (χ4v) is 9.27. The zero-order chi connectivity index (χ0) is 16.8. The molecule has 136 valence electrons. The third-order valence-corrected chi connectivity index (χ3v) is 9.41. The van der Waals surface area contributed by atoms with E-state index in [2.05, 4.69) is 0 Å². The molecule has 8 aliphatic rings. The lowest BCUT2D eigenvalue weighted by atomic mass is 9.47. The summed E-state index contributed by atoms with van der Waals surface area (Å²) in [5, 5.41) is 11.1. The van der Waals surface area contributed by atoms with Crippen molar-refractivity contribution in [3.8, 4) is 0 Å². The van der Waals surface area contributed by atoms with E-state index in [0.29, 0.717) is 11.5 Å². The molecule has 0 spiro atoms. The van der Waals surface area contributed by atoms with Crippen LogP contribution in [0.4, 0.5) is 0 Å². The van der Waals surface area contributed by atoms with Gasteiger partial charge in [0.05, 0.1) is 0 Å². The number of hydrogen-bond donors (Lipinski definition) is 1. The molecule has 0 aromatic rings. The molecule has 2 nitrogen and oxygen atoms in total. The van der Waals surface area contributed by atoms with Crippen LogP contribution in [0.15, 0.2) is 11.8 Å². The predicted molar refractivity (Wildman–Crippen MR) is 96.9 cm³/mol. The molecule has 2 heteroatoms. The van der Waals surface area contributed by atoms with Crippen molar-refractivity contribution in [3.63, 3.8) is 0 Å². The number of aliphatic hydroxyl groups is 1. The summed E-state index contributed by atoms with van der Waals surface area (Å²) in [6.07, 6.45) is 16.8. The zero-order valence-electron chi connectivity index (χ0n) is 15.4. The molecular formula is C23H32O2. The molecule has 0 saturated heterocycles. The van der Waals surface area contributed by atoms with Gasteiger partial charge in [-0.1, -0.05) is 0 Å². The summed E-state index contributed by atoms with van der Waals surface area (Å²) in [6, 6.07) is 0. The Morgan fingerprint density at radius 1 is 0.640 bits per heavy atom. The molecule has 0 aromatic heterocycles. The molecule has 0 heterocycles. The summed E-state index contributed by atoms with van der Waals surface area (Å²) >= 11 is 0. The van der Waals surface area contributed by atoms with Crippen LogP contribution in [0, 0.1) is 46.3 Å². The van der Waals surface area contributed by atoms with Gasteiger partial charge in [-0.3, -0.25) is 4.79 Å². The molecule has 8 saturated carbocycles. The van der Waals surface area contributed by atoms with E-state index in [9.17, 15) is 9.90 Å². The van der Waals surface area contributed by atoms with Crippen molar-refractivity contribution in [2.24, 2.45) is 46.3 Å². The van der Waals surface area contributed by atoms with Crippen molar-refractivity contribution in [2.45, 2.75) is 77.0 Å². The van der Waals surface area contributed by atoms with Crippen molar-refractivity contribution in [2.75, 3.05) is 0 Å². The average Bonchev–Trinajstić information content (AvgIpc) is 2.52. The van der Waals surface area contributed by atoms with E-state index in [4.69, 9.17) is 0 Å². The minimum Gasteiger partial charge on any atom is -0.512 e. The van der Waals surface area contributed by atoms with E-state index >= 15 is 0 Å². The zero-order valence-corrected chi connectivity index (χ0v) is 15.4. The summed E-state index contributed by atoms with van der Waals surface area (Å²) in [5.74, 6) is 5.64. The molecule has 8 rings (SSSR count). The molecule has 0 amide bonds. The van der Waals surface area contributed by atoms with Gasteiger partial charge in [-0.15, -0.1) is 0 Å². The van der Waals surface area contributed by atoms with Crippen LogP contribution >= 0.6 is 0 Å². The third-order valence-electron chi connectivity index (χ3n) is 9.41. The number of carbonyl (C=O) groups excluding carboxylic acids is 1. The Bertz CT molecular complexity index is 572. The van der Waals surface area contributed by atoms with E-state index < -0.39 is 0 Å². The van der Waals surface area contributed by atoms with E-state index in [1.807, 2.05) is 0 Å². The average molecular weight is 341 g/mol. The van der Waals surface area contributed by atoms with Crippen LogP contribution in [0.25, 0.3) is 0 Å². The largest absolute Gasteiger partial charge is 0.512 e. The monoisotopic (exact) mass is 340 g/mol. The Morgan fingerprint density at radius 3 is 1.32 bits per heavy atom. The highest BCUT2D eigenvalue weighted by Gasteiger charge is 2.56. The standard InChI is InChI=1S/C23H32O2/c24-20(22-8-14-1-15(9-22)3-16(2-14)10-22)7-21(25)23-11-17-4-18(12-23)6-19(5-17)13-23/h7,14-19,24H,1-6,8-13H2. The Morgan fingerprint density at radius 2 is 0.960 bits per heavy atom. The summed E-state index contributed by atoms with van der Waals surface area (Å²) in [5.41, 5.74) is -0.113. The highest BCUT2D eigenvalue weighted by Crippen LogP contribution is 2.63. The van der Waals surface area contributed by atoms with Crippen LogP contribution < -0.4 is 0 Å². The molecule has 0 unspecified atom stereocenters. The number of carbonyl (C=O) groups is 1. The van der Waals surface area contributed by atoms with Gasteiger partial charge >= 0.3 is 0 Å². The maximum Gasteiger partial charge on any atom is 0.165 e. The first-order valence-electron chi connectivity index (χ1n) is 11.0. The first-order valence-corrected chi connectivity index (χ1v) is 11.0. The van der Waals surface area contributed by atoms with Crippen LogP contribution in [0.5, 0.6) is 0 Å². The van der Waals surface area contributed by atoms with Gasteiger partial charge in [0.15, 0.2) is 5.78 Å². The smallest absolute Gasteiger partial charge is 0.165 e. The SMILES string of the molecule is O=C(C=C(O)C12CC3CC(CC(C3)C1)C2)C12CC3CC(CC(C3)C1)C2. The van der Waals surface area contributed by atoms with Gasteiger partial charge in [-0.05, 0) is 113 Å². The fourth-order valence-electron chi connectivity index (χ4n) is 9.27. The molecule has 8 aliphatic carbocycles. The Hall–Kier alpha value is -0.790. The van der Waals surface area contributed by atoms with Crippen LogP contribution in [0.1, 0.15) is 77.0 Å². The summed E-state index contributed by atoms with van der Waals surface area (Å²) in [7, 11) is 0. The van der Waals surface area contributed by atoms with Gasteiger partial charge in [0.1, 0.15) is 5.76 Å². The number of rotatable bonds is 3. The van der Waals surface area contributed by atoms with Gasteiger partial charge in [0.25, 0.3) is 0 Å². The second-order valence-corrected chi connectivity index (χ2v) is 11.3. The Balaban J connectivity index is 1.29. The second kappa shape index (κ2) is 4.93. The van der Waals surface area contributed by atoms with Crippen LogP contribution in [-0.4, -0.2) is 10.9 Å². The maximum absolute atomic E-state index is 13.4. The first-order chi connectivity index (χ1) is 12.0. The van der Waals surface area contributed by atoms with Crippen LogP contribution in [0.3, 0.4) is 0 Å². The fraction of sp³-hybridized carbons (Fsp3) is 0.870. The molecule has 0 atom stereocenters. The van der Waals surface area contributed by atoms with Gasteiger partial charge in [-0.25, -0.2) is 0 Å². The van der Waals surface area contributed by atoms with Crippen molar-refractivity contribution in [3.05, 3.63) is 11.8 Å². The second-order valence-electron chi connectivity index (χ2n) is 11.3. The number of hydrogen-bond acceptors (Lipinski definition) is 2. The highest BCUT2D eigenvalue weighted by atomic mass is 16.3. The van der Waals surface area contributed by atoms with Crippen LogP contribution in [0.2, 0.25) is 0 Å². The predicted octanol–water partition coefficient (Wildman–Crippen LogP) is 5.43. The maximum atomic E-state index is 13.4. The molecule has 8 bridgehead atoms. The lowest BCUT2D eigenvalue weighted by Crippen LogP contribution is -2.50. The number of aliphatic hydroxyl groups excluding tert-OH is 1. The number of ketones is 1. The lowest BCUT2D eigenvalue weighted by Gasteiger charge is -2.57. The normalized spacial score (nSPS) is 55.8. The molecule has 25 heavy (non-hydrogen) atoms. The van der Waals surface area contributed by atoms with Gasteiger partial charge in [0, 0.05) is 16.9 Å². The van der Waals surface area contributed by atoms with E-state index in [1.165, 1.54) is 38.5 Å². The lowest BCUT2D eigenvalue weighted by molar-refractivity contribution is -0.139. The molecule has 0 aromatic carbocycles. The van der Waals surface area contributed by atoms with Crippen molar-refractivity contribution >= 4 is 5.78 Å². The third kappa shape index (κ3) is 2.18. The molecule has 1 N–H and O–H groups in total. The van der Waals surface area contributed by atoms with Crippen molar-refractivity contribution in [1.29, 1.82) is 0 Å². The topological polar surface area (TPSA) is 37.3 Å². The molecule has 8 fully saturated rings. The molecule has 0 aliphatic heterocycles. The molecule has 0 radical (unpaired) electrons. The van der Waals surface area contributed by atoms with Crippen molar-refractivity contribution in [1.82, 2.24) is 0 Å². The van der Waals surface area contributed by atoms with E-state index in [0.717, 1.165) is 74.0 Å². The first kappa shape index (κ1) is 15.3. The minimum atomic E-state index is -0.0922. The summed E-state index contributed by atoms with van der Waals surface area (Å²) < 4.78 is 0. The van der Waals surface area contributed by atoms with Gasteiger partial charge in [-0.2, -0.15) is 0 Å². The van der Waals surface area contributed by atoms with Crippen molar-refractivity contribution < 1.29 is 9.90 Å². The Labute approximate surface area is 151 Å². The summed E-state index contributed by atoms with van der Waals surface area (Å²) in [6.45, 7) is 0. The van der Waals surface area contributed by atoms with Crippen LogP contribution in [-0.2, 0) is 4.79 Å². The van der Waals surface area contributed by atoms with Gasteiger partial charge in [0.2, 0.25) is 0 Å². The van der Waals surface area contributed by atoms with E-state index in [-0.39, 0.29) is 10.8 Å². The van der Waals surface area contributed by atoms with Gasteiger partial charge < -0.3 is 5.11 Å². The molecular weight excluding hydrogens is 308 g/mol.